The van der Waals surface area contributed by atoms with Crippen molar-refractivity contribution >= 4 is 10.0 Å². The van der Waals surface area contributed by atoms with Crippen molar-refractivity contribution in [3.63, 3.8) is 0 Å². The van der Waals surface area contributed by atoms with E-state index in [4.69, 9.17) is 4.74 Å². The van der Waals surface area contributed by atoms with Crippen molar-refractivity contribution < 1.29 is 13.2 Å². The molecule has 3 heterocycles. The van der Waals surface area contributed by atoms with Crippen molar-refractivity contribution in [2.24, 2.45) is 0 Å². The van der Waals surface area contributed by atoms with Crippen LogP contribution in [-0.4, -0.2) is 34.6 Å². The summed E-state index contributed by atoms with van der Waals surface area (Å²) in [5.74, 6) is 0.311. The summed E-state index contributed by atoms with van der Waals surface area (Å²) in [6.07, 6.45) is 5.15. The largest absolute Gasteiger partial charge is 0.495 e. The fraction of sp³-hybridized carbons (Fsp3) is 0.222. The van der Waals surface area contributed by atoms with E-state index < -0.39 is 10.0 Å². The van der Waals surface area contributed by atoms with Gasteiger partial charge in [0.2, 0.25) is 10.0 Å². The molecule has 1 aliphatic rings. The molecule has 0 aliphatic carbocycles. The molecular formula is C18H18N4O3S. The maximum atomic E-state index is 13.3. The van der Waals surface area contributed by atoms with Crippen LogP contribution in [0.15, 0.2) is 53.8 Å². The fourth-order valence-electron chi connectivity index (χ4n) is 3.11. The van der Waals surface area contributed by atoms with E-state index in [0.717, 1.165) is 16.8 Å². The highest BCUT2D eigenvalue weighted by atomic mass is 32.2. The zero-order valence-electron chi connectivity index (χ0n) is 14.5. The van der Waals surface area contributed by atoms with Crippen LogP contribution in [0.4, 0.5) is 0 Å². The molecule has 0 unspecified atom stereocenters. The Bertz CT molecular complexity index is 1060. The summed E-state index contributed by atoms with van der Waals surface area (Å²) in [5.41, 5.74) is 3.45. The summed E-state index contributed by atoms with van der Waals surface area (Å²) in [6.45, 7) is 2.53. The van der Waals surface area contributed by atoms with Crippen molar-refractivity contribution in [3.8, 4) is 11.4 Å². The molecule has 134 valence electrons. The van der Waals surface area contributed by atoms with Crippen molar-refractivity contribution in [2.75, 3.05) is 7.11 Å². The number of fused-ring (bicyclic) bond motifs is 1. The predicted molar refractivity (Wildman–Crippen MR) is 95.5 cm³/mol. The number of nitrogens with zero attached hydrogens (tertiary/aromatic N) is 4. The first-order valence-corrected chi connectivity index (χ1v) is 9.55. The highest BCUT2D eigenvalue weighted by Gasteiger charge is 2.33. The first-order valence-electron chi connectivity index (χ1n) is 8.11. The van der Waals surface area contributed by atoms with Gasteiger partial charge in [0.1, 0.15) is 10.6 Å². The Kier molecular flexibility index (Phi) is 4.01. The highest BCUT2D eigenvalue weighted by Crippen LogP contribution is 2.33. The lowest BCUT2D eigenvalue weighted by molar-refractivity contribution is 0.392. The zero-order chi connectivity index (χ0) is 18.3. The van der Waals surface area contributed by atoms with Gasteiger partial charge in [0, 0.05) is 37.4 Å². The topological polar surface area (TPSA) is 77.3 Å². The molecular weight excluding hydrogens is 352 g/mol. The van der Waals surface area contributed by atoms with Crippen LogP contribution in [0, 0.1) is 6.92 Å². The average molecular weight is 370 g/mol. The second kappa shape index (κ2) is 6.22. The van der Waals surface area contributed by atoms with Crippen LogP contribution >= 0.6 is 0 Å². The number of rotatable bonds is 4. The van der Waals surface area contributed by atoms with Gasteiger partial charge >= 0.3 is 0 Å². The van der Waals surface area contributed by atoms with Gasteiger partial charge in [-0.3, -0.25) is 4.98 Å². The molecule has 0 saturated carbocycles. The molecule has 0 saturated heterocycles. The summed E-state index contributed by atoms with van der Waals surface area (Å²) in [4.78, 5) is 4.39. The molecule has 0 amide bonds. The van der Waals surface area contributed by atoms with E-state index in [1.165, 1.54) is 11.4 Å². The molecule has 3 aromatic rings. The molecule has 0 radical (unpaired) electrons. The maximum absolute atomic E-state index is 13.3. The van der Waals surface area contributed by atoms with Crippen LogP contribution in [0.3, 0.4) is 0 Å². The number of ether oxygens (including phenoxy) is 1. The molecule has 4 rings (SSSR count). The van der Waals surface area contributed by atoms with Gasteiger partial charge in [-0.05, 0) is 48.4 Å². The Morgan fingerprint density at radius 3 is 2.69 bits per heavy atom. The number of sulfonamides is 1. The first kappa shape index (κ1) is 16.7. The third kappa shape index (κ3) is 2.77. The van der Waals surface area contributed by atoms with Gasteiger partial charge in [-0.2, -0.15) is 9.40 Å². The van der Waals surface area contributed by atoms with Gasteiger partial charge in [-0.1, -0.05) is 0 Å². The standard InChI is InChI=1S/C18H18N4O3S/c1-13-8-14-11-21(12-15(14)10-19-13)26(23,24)18-9-16(4-5-17(18)25-2)22-7-3-6-20-22/h3-10H,11-12H2,1-2H3. The Labute approximate surface area is 151 Å². The van der Waals surface area contributed by atoms with Crippen LogP contribution in [0.5, 0.6) is 5.75 Å². The Morgan fingerprint density at radius 2 is 1.96 bits per heavy atom. The third-order valence-electron chi connectivity index (χ3n) is 4.45. The summed E-state index contributed by atoms with van der Waals surface area (Å²) in [7, 11) is -2.27. The highest BCUT2D eigenvalue weighted by molar-refractivity contribution is 7.89. The van der Waals surface area contributed by atoms with Crippen LogP contribution in [0.1, 0.15) is 16.8 Å². The molecule has 0 fully saturated rings. The SMILES string of the molecule is COc1ccc(-n2cccn2)cc1S(=O)(=O)N1Cc2cnc(C)cc2C1. The molecule has 1 aliphatic heterocycles. The van der Waals surface area contributed by atoms with E-state index in [1.807, 2.05) is 13.0 Å². The summed E-state index contributed by atoms with van der Waals surface area (Å²) in [5, 5.41) is 4.16. The van der Waals surface area contributed by atoms with Gasteiger partial charge in [-0.15, -0.1) is 0 Å². The Morgan fingerprint density at radius 1 is 1.15 bits per heavy atom. The summed E-state index contributed by atoms with van der Waals surface area (Å²) in [6, 6.07) is 8.73. The fourth-order valence-corrected chi connectivity index (χ4v) is 4.68. The quantitative estimate of drug-likeness (QED) is 0.704. The first-order chi connectivity index (χ1) is 12.5. The molecule has 0 spiro atoms. The number of aryl methyl sites for hydroxylation is 1. The van der Waals surface area contributed by atoms with Crippen LogP contribution in [-0.2, 0) is 23.1 Å². The van der Waals surface area contributed by atoms with Crippen molar-refractivity contribution in [2.45, 2.75) is 24.9 Å². The molecule has 8 heteroatoms. The summed E-state index contributed by atoms with van der Waals surface area (Å²) >= 11 is 0. The number of benzene rings is 1. The number of aromatic nitrogens is 3. The minimum absolute atomic E-state index is 0.130. The number of hydrogen-bond donors (Lipinski definition) is 0. The van der Waals surface area contributed by atoms with Gasteiger partial charge < -0.3 is 4.74 Å². The van der Waals surface area contributed by atoms with E-state index in [0.29, 0.717) is 24.5 Å². The zero-order valence-corrected chi connectivity index (χ0v) is 15.3. The number of hydrogen-bond acceptors (Lipinski definition) is 5. The second-order valence-corrected chi connectivity index (χ2v) is 8.06. The van der Waals surface area contributed by atoms with Crippen LogP contribution < -0.4 is 4.74 Å². The van der Waals surface area contributed by atoms with Crippen molar-refractivity contribution in [1.29, 1.82) is 0 Å². The average Bonchev–Trinajstić information content (AvgIpc) is 3.30. The van der Waals surface area contributed by atoms with Gasteiger partial charge in [0.05, 0.1) is 12.8 Å². The smallest absolute Gasteiger partial charge is 0.247 e. The van der Waals surface area contributed by atoms with Crippen LogP contribution in [0.2, 0.25) is 0 Å². The normalized spacial score (nSPS) is 14.4. The molecule has 2 aromatic heterocycles. The minimum Gasteiger partial charge on any atom is -0.495 e. The number of pyridine rings is 1. The molecule has 26 heavy (non-hydrogen) atoms. The lowest BCUT2D eigenvalue weighted by atomic mass is 10.2. The molecule has 0 bridgehead atoms. The Balaban J connectivity index is 1.75. The van der Waals surface area contributed by atoms with E-state index in [2.05, 4.69) is 10.1 Å². The van der Waals surface area contributed by atoms with E-state index >= 15 is 0 Å². The van der Waals surface area contributed by atoms with Crippen molar-refractivity contribution in [1.82, 2.24) is 19.1 Å². The predicted octanol–water partition coefficient (Wildman–Crippen LogP) is 2.29. The maximum Gasteiger partial charge on any atom is 0.247 e. The lowest BCUT2D eigenvalue weighted by Crippen LogP contribution is -2.26. The van der Waals surface area contributed by atoms with Gasteiger partial charge in [0.15, 0.2) is 0 Å². The number of methoxy groups -OCH3 is 1. The second-order valence-electron chi connectivity index (χ2n) is 6.15. The van der Waals surface area contributed by atoms with E-state index in [-0.39, 0.29) is 4.90 Å². The molecule has 0 N–H and O–H groups in total. The Hall–Kier alpha value is -2.71. The van der Waals surface area contributed by atoms with Gasteiger partial charge in [0.25, 0.3) is 0 Å². The molecule has 7 nitrogen and oxygen atoms in total. The van der Waals surface area contributed by atoms with Gasteiger partial charge in [-0.25, -0.2) is 13.1 Å². The molecule has 1 aromatic carbocycles. The molecule has 0 atom stereocenters. The monoisotopic (exact) mass is 370 g/mol. The van der Waals surface area contributed by atoms with Crippen LogP contribution in [0.25, 0.3) is 5.69 Å². The van der Waals surface area contributed by atoms with Crippen molar-refractivity contribution in [3.05, 3.63) is 65.7 Å². The van der Waals surface area contributed by atoms with E-state index in [9.17, 15) is 8.42 Å². The third-order valence-corrected chi connectivity index (χ3v) is 6.26. The lowest BCUT2D eigenvalue weighted by Gasteiger charge is -2.18. The summed E-state index contributed by atoms with van der Waals surface area (Å²) < 4.78 is 34.9. The minimum atomic E-state index is -3.74. The van der Waals surface area contributed by atoms with E-state index in [1.54, 1.807) is 47.5 Å².